The highest BCUT2D eigenvalue weighted by molar-refractivity contribution is 5.82. The molecule has 0 spiro atoms. The zero-order valence-corrected chi connectivity index (χ0v) is 15.1. The van der Waals surface area contributed by atoms with Crippen molar-refractivity contribution in [3.05, 3.63) is 0 Å². The Bertz CT molecular complexity index is 417. The van der Waals surface area contributed by atoms with Crippen LogP contribution in [-0.4, -0.2) is 62.1 Å². The molecular formula is C17H33N5O. The molecule has 0 aromatic carbocycles. The molecule has 23 heavy (non-hydrogen) atoms. The number of carbonyl (C=O) groups is 1. The van der Waals surface area contributed by atoms with Crippen LogP contribution in [0.15, 0.2) is 4.99 Å². The molecule has 0 atom stereocenters. The van der Waals surface area contributed by atoms with E-state index in [0.717, 1.165) is 12.0 Å². The number of likely N-dealkylation sites (tertiary alicyclic amines) is 1. The molecule has 0 unspecified atom stereocenters. The van der Waals surface area contributed by atoms with Crippen molar-refractivity contribution in [2.75, 3.05) is 33.2 Å². The molecule has 1 saturated heterocycles. The van der Waals surface area contributed by atoms with E-state index in [-0.39, 0.29) is 11.3 Å². The van der Waals surface area contributed by atoms with Gasteiger partial charge in [0.25, 0.3) is 0 Å². The van der Waals surface area contributed by atoms with Crippen molar-refractivity contribution >= 4 is 11.9 Å². The Balaban J connectivity index is 1.61. The van der Waals surface area contributed by atoms with Crippen LogP contribution in [0.5, 0.6) is 0 Å². The number of nitrogens with one attached hydrogen (secondary N) is 3. The Kier molecular flexibility index (Phi) is 6.27. The van der Waals surface area contributed by atoms with E-state index < -0.39 is 0 Å². The van der Waals surface area contributed by atoms with E-state index in [1.54, 1.807) is 7.05 Å². The van der Waals surface area contributed by atoms with Crippen LogP contribution in [0.3, 0.4) is 0 Å². The zero-order chi connectivity index (χ0) is 16.9. The molecule has 132 valence electrons. The number of rotatable bonds is 5. The van der Waals surface area contributed by atoms with E-state index >= 15 is 0 Å². The van der Waals surface area contributed by atoms with Gasteiger partial charge in [-0.3, -0.25) is 9.79 Å². The van der Waals surface area contributed by atoms with Gasteiger partial charge in [-0.25, -0.2) is 0 Å². The largest absolute Gasteiger partial charge is 0.355 e. The van der Waals surface area contributed by atoms with Crippen LogP contribution in [0.25, 0.3) is 0 Å². The van der Waals surface area contributed by atoms with E-state index in [4.69, 9.17) is 0 Å². The second kappa shape index (κ2) is 7.99. The van der Waals surface area contributed by atoms with Crippen LogP contribution >= 0.6 is 0 Å². The van der Waals surface area contributed by atoms with Gasteiger partial charge >= 0.3 is 0 Å². The minimum absolute atomic E-state index is 0.0784. The summed E-state index contributed by atoms with van der Waals surface area (Å²) in [6.45, 7) is 9.44. The highest BCUT2D eigenvalue weighted by Gasteiger charge is 2.31. The van der Waals surface area contributed by atoms with Gasteiger partial charge in [0, 0.05) is 50.7 Å². The first-order chi connectivity index (χ1) is 10.9. The van der Waals surface area contributed by atoms with E-state index in [2.05, 4.69) is 25.8 Å². The molecule has 3 N–H and O–H groups in total. The van der Waals surface area contributed by atoms with Crippen LogP contribution in [0.4, 0.5) is 0 Å². The molecule has 0 aromatic heterocycles. The number of carbonyl (C=O) groups excluding carboxylic acids is 1. The Morgan fingerprint density at radius 3 is 2.22 bits per heavy atom. The Morgan fingerprint density at radius 1 is 1.09 bits per heavy atom. The Labute approximate surface area is 140 Å². The molecule has 1 aliphatic heterocycles. The summed E-state index contributed by atoms with van der Waals surface area (Å²) in [6, 6.07) is 1.38. The summed E-state index contributed by atoms with van der Waals surface area (Å²) >= 11 is 0. The average molecular weight is 323 g/mol. The zero-order valence-electron chi connectivity index (χ0n) is 15.1. The quantitative estimate of drug-likeness (QED) is 0.400. The van der Waals surface area contributed by atoms with Gasteiger partial charge in [0.15, 0.2) is 5.96 Å². The SMILES string of the molecule is CN=C(NCCNC(=O)C(C)(C)C)NC1CCN(C2CC2)CC1. The highest BCUT2D eigenvalue weighted by atomic mass is 16.2. The Hall–Kier alpha value is -1.30. The normalized spacial score (nSPS) is 21.1. The van der Waals surface area contributed by atoms with E-state index in [1.807, 2.05) is 20.8 Å². The monoisotopic (exact) mass is 323 g/mol. The third-order valence-corrected chi connectivity index (χ3v) is 4.54. The average Bonchev–Trinajstić information content (AvgIpc) is 3.34. The van der Waals surface area contributed by atoms with Gasteiger partial charge in [-0.2, -0.15) is 0 Å². The molecule has 2 rings (SSSR count). The number of hydrogen-bond acceptors (Lipinski definition) is 3. The standard InChI is InChI=1S/C17H33N5O/c1-17(2,3)15(23)19-9-10-20-16(18-4)21-13-7-11-22(12-8-13)14-5-6-14/h13-14H,5-12H2,1-4H3,(H,19,23)(H2,18,20,21). The van der Waals surface area contributed by atoms with Crippen molar-refractivity contribution in [3.8, 4) is 0 Å². The number of hydrogen-bond donors (Lipinski definition) is 3. The maximum atomic E-state index is 11.8. The lowest BCUT2D eigenvalue weighted by atomic mass is 9.96. The van der Waals surface area contributed by atoms with Crippen LogP contribution in [0, 0.1) is 5.41 Å². The predicted octanol–water partition coefficient (Wildman–Crippen LogP) is 0.941. The van der Waals surface area contributed by atoms with Gasteiger partial charge in [0.05, 0.1) is 0 Å². The summed E-state index contributed by atoms with van der Waals surface area (Å²) in [6.07, 6.45) is 5.14. The lowest BCUT2D eigenvalue weighted by Crippen LogP contribution is -2.50. The summed E-state index contributed by atoms with van der Waals surface area (Å²) in [5.74, 6) is 0.912. The van der Waals surface area contributed by atoms with Crippen LogP contribution < -0.4 is 16.0 Å². The fraction of sp³-hybridized carbons (Fsp3) is 0.882. The maximum Gasteiger partial charge on any atom is 0.225 e. The van der Waals surface area contributed by atoms with Crippen molar-refractivity contribution in [2.45, 2.75) is 58.5 Å². The first-order valence-corrected chi connectivity index (χ1v) is 8.89. The van der Waals surface area contributed by atoms with Crippen molar-refractivity contribution in [1.29, 1.82) is 0 Å². The van der Waals surface area contributed by atoms with E-state index in [1.165, 1.54) is 38.8 Å². The van der Waals surface area contributed by atoms with Crippen molar-refractivity contribution in [1.82, 2.24) is 20.9 Å². The first-order valence-electron chi connectivity index (χ1n) is 8.89. The van der Waals surface area contributed by atoms with Crippen LogP contribution in [-0.2, 0) is 4.79 Å². The molecule has 1 amide bonds. The number of guanidine groups is 1. The number of aliphatic imine (C=N–C) groups is 1. The van der Waals surface area contributed by atoms with Gasteiger partial charge in [-0.15, -0.1) is 0 Å². The molecule has 1 heterocycles. The smallest absolute Gasteiger partial charge is 0.225 e. The van der Waals surface area contributed by atoms with Crippen molar-refractivity contribution in [3.63, 3.8) is 0 Å². The van der Waals surface area contributed by atoms with Gasteiger partial charge in [0.2, 0.25) is 5.91 Å². The van der Waals surface area contributed by atoms with Gasteiger partial charge in [0.1, 0.15) is 0 Å². The molecule has 6 nitrogen and oxygen atoms in total. The molecule has 1 saturated carbocycles. The summed E-state index contributed by atoms with van der Waals surface area (Å²) in [4.78, 5) is 18.7. The molecule has 2 aliphatic rings. The van der Waals surface area contributed by atoms with E-state index in [0.29, 0.717) is 19.1 Å². The molecule has 6 heteroatoms. The molecule has 0 bridgehead atoms. The first kappa shape index (κ1) is 18.0. The van der Waals surface area contributed by atoms with Gasteiger partial charge < -0.3 is 20.9 Å². The molecular weight excluding hydrogens is 290 g/mol. The van der Waals surface area contributed by atoms with E-state index in [9.17, 15) is 4.79 Å². The summed E-state index contributed by atoms with van der Waals surface area (Å²) in [5, 5.41) is 9.72. The summed E-state index contributed by atoms with van der Waals surface area (Å²) in [7, 11) is 1.79. The van der Waals surface area contributed by atoms with Gasteiger partial charge in [-0.05, 0) is 25.7 Å². The van der Waals surface area contributed by atoms with Crippen molar-refractivity contribution < 1.29 is 4.79 Å². The molecule has 1 aliphatic carbocycles. The second-order valence-electron chi connectivity index (χ2n) is 7.69. The number of amides is 1. The minimum Gasteiger partial charge on any atom is -0.355 e. The second-order valence-corrected chi connectivity index (χ2v) is 7.69. The van der Waals surface area contributed by atoms with Gasteiger partial charge in [-0.1, -0.05) is 20.8 Å². The number of nitrogens with zero attached hydrogens (tertiary/aromatic N) is 2. The lowest BCUT2D eigenvalue weighted by Gasteiger charge is -2.33. The summed E-state index contributed by atoms with van der Waals surface area (Å²) in [5.41, 5.74) is -0.338. The predicted molar refractivity (Wildman–Crippen MR) is 94.6 cm³/mol. The van der Waals surface area contributed by atoms with Crippen molar-refractivity contribution in [2.24, 2.45) is 10.4 Å². The summed E-state index contributed by atoms with van der Waals surface area (Å²) < 4.78 is 0. The number of piperidine rings is 1. The molecule has 0 aromatic rings. The third-order valence-electron chi connectivity index (χ3n) is 4.54. The minimum atomic E-state index is -0.338. The molecule has 0 radical (unpaired) electrons. The third kappa shape index (κ3) is 6.01. The maximum absolute atomic E-state index is 11.8. The molecule has 2 fully saturated rings. The fourth-order valence-corrected chi connectivity index (χ4v) is 2.86. The fourth-order valence-electron chi connectivity index (χ4n) is 2.86. The lowest BCUT2D eigenvalue weighted by molar-refractivity contribution is -0.128. The highest BCUT2D eigenvalue weighted by Crippen LogP contribution is 2.29. The topological polar surface area (TPSA) is 68.8 Å². The Morgan fingerprint density at radius 2 is 1.70 bits per heavy atom. The van der Waals surface area contributed by atoms with Crippen LogP contribution in [0.2, 0.25) is 0 Å². The van der Waals surface area contributed by atoms with Crippen LogP contribution in [0.1, 0.15) is 46.5 Å².